The zero-order valence-electron chi connectivity index (χ0n) is 18.4. The number of nitrogens with zero attached hydrogens (tertiary/aromatic N) is 2. The van der Waals surface area contributed by atoms with Crippen molar-refractivity contribution < 1.29 is 17.9 Å². The quantitative estimate of drug-likeness (QED) is 0.654. The molecule has 2 saturated heterocycles. The number of hydrogen-bond donors (Lipinski definition) is 0. The fourth-order valence-corrected chi connectivity index (χ4v) is 6.45. The molecule has 2 aromatic rings. The van der Waals surface area contributed by atoms with Gasteiger partial charge in [-0.15, -0.1) is 0 Å². The summed E-state index contributed by atoms with van der Waals surface area (Å²) in [6, 6.07) is 14.1. The fraction of sp³-hybridized carbons (Fsp3) is 0.458. The van der Waals surface area contributed by atoms with E-state index in [-0.39, 0.29) is 29.1 Å². The standard InChI is InChI=1S/C24H29ClN2O4S/c1-17-15-26(16-18(2)31-17)32(29,30)22-11-9-19(10-12-22)24(28)27-13-5-7-21(27)14-20-6-3-4-8-23(20)25/h3-4,6,8-12,17-18,21H,5,7,13-16H2,1-2H3. The number of rotatable bonds is 5. The highest BCUT2D eigenvalue weighted by Crippen LogP contribution is 2.27. The van der Waals surface area contributed by atoms with Gasteiger partial charge in [0.1, 0.15) is 0 Å². The summed E-state index contributed by atoms with van der Waals surface area (Å²) < 4.78 is 33.2. The molecule has 0 aromatic heterocycles. The number of likely N-dealkylation sites (tertiary alicyclic amines) is 1. The van der Waals surface area contributed by atoms with Crippen LogP contribution >= 0.6 is 11.6 Å². The van der Waals surface area contributed by atoms with Gasteiger partial charge in [-0.1, -0.05) is 29.8 Å². The maximum Gasteiger partial charge on any atom is 0.254 e. The third kappa shape index (κ3) is 4.86. The number of ether oxygens (including phenoxy) is 1. The third-order valence-corrected chi connectivity index (χ3v) is 8.39. The monoisotopic (exact) mass is 476 g/mol. The Morgan fingerprint density at radius 3 is 2.38 bits per heavy atom. The van der Waals surface area contributed by atoms with Crippen LogP contribution in [0.25, 0.3) is 0 Å². The van der Waals surface area contributed by atoms with Crippen molar-refractivity contribution in [3.8, 4) is 0 Å². The molecule has 3 unspecified atom stereocenters. The van der Waals surface area contributed by atoms with Crippen molar-refractivity contribution in [2.75, 3.05) is 19.6 Å². The van der Waals surface area contributed by atoms with E-state index in [0.717, 1.165) is 18.4 Å². The van der Waals surface area contributed by atoms with Crippen LogP contribution in [0.2, 0.25) is 5.02 Å². The van der Waals surface area contributed by atoms with E-state index >= 15 is 0 Å². The summed E-state index contributed by atoms with van der Waals surface area (Å²) in [5.74, 6) is -0.0721. The Morgan fingerprint density at radius 1 is 1.06 bits per heavy atom. The molecular weight excluding hydrogens is 448 g/mol. The molecule has 32 heavy (non-hydrogen) atoms. The molecule has 0 radical (unpaired) electrons. The van der Waals surface area contributed by atoms with Crippen molar-refractivity contribution in [3.05, 3.63) is 64.7 Å². The van der Waals surface area contributed by atoms with Gasteiger partial charge in [0.15, 0.2) is 0 Å². The number of carbonyl (C=O) groups excluding carboxylic acids is 1. The minimum Gasteiger partial charge on any atom is -0.373 e. The van der Waals surface area contributed by atoms with Gasteiger partial charge in [-0.2, -0.15) is 4.31 Å². The molecule has 0 aliphatic carbocycles. The van der Waals surface area contributed by atoms with Crippen molar-refractivity contribution in [3.63, 3.8) is 0 Å². The van der Waals surface area contributed by atoms with E-state index in [1.165, 1.54) is 16.4 Å². The number of amides is 1. The average Bonchev–Trinajstić information content (AvgIpc) is 3.22. The molecule has 4 rings (SSSR count). The fourth-order valence-electron chi connectivity index (χ4n) is 4.64. The summed E-state index contributed by atoms with van der Waals surface area (Å²) in [4.78, 5) is 15.3. The largest absolute Gasteiger partial charge is 0.373 e. The van der Waals surface area contributed by atoms with E-state index in [0.29, 0.717) is 36.6 Å². The smallest absolute Gasteiger partial charge is 0.254 e. The lowest BCUT2D eigenvalue weighted by Crippen LogP contribution is -2.48. The number of carbonyl (C=O) groups is 1. The van der Waals surface area contributed by atoms with Gasteiger partial charge in [-0.25, -0.2) is 8.42 Å². The highest BCUT2D eigenvalue weighted by Gasteiger charge is 2.33. The molecule has 0 spiro atoms. The zero-order chi connectivity index (χ0) is 22.9. The van der Waals surface area contributed by atoms with E-state index in [2.05, 4.69) is 0 Å². The topological polar surface area (TPSA) is 66.9 Å². The normalized spacial score (nSPS) is 24.6. The van der Waals surface area contributed by atoms with Gasteiger partial charge in [-0.3, -0.25) is 4.79 Å². The van der Waals surface area contributed by atoms with Gasteiger partial charge in [-0.05, 0) is 69.0 Å². The predicted octanol–water partition coefficient (Wildman–Crippen LogP) is 3.99. The van der Waals surface area contributed by atoms with Crippen molar-refractivity contribution in [2.45, 2.75) is 56.3 Å². The Labute approximate surface area is 195 Å². The summed E-state index contributed by atoms with van der Waals surface area (Å²) in [5, 5.41) is 0.716. The highest BCUT2D eigenvalue weighted by atomic mass is 35.5. The first-order chi connectivity index (χ1) is 15.3. The lowest BCUT2D eigenvalue weighted by molar-refractivity contribution is -0.0440. The maximum absolute atomic E-state index is 13.2. The summed E-state index contributed by atoms with van der Waals surface area (Å²) >= 11 is 6.32. The van der Waals surface area contributed by atoms with Gasteiger partial charge in [0.25, 0.3) is 5.91 Å². The van der Waals surface area contributed by atoms with Crippen LogP contribution in [0, 0.1) is 0 Å². The van der Waals surface area contributed by atoms with E-state index in [9.17, 15) is 13.2 Å². The van der Waals surface area contributed by atoms with Crippen molar-refractivity contribution in [1.82, 2.24) is 9.21 Å². The summed E-state index contributed by atoms with van der Waals surface area (Å²) in [7, 11) is -3.63. The minimum absolute atomic E-state index is 0.0721. The number of sulfonamides is 1. The SMILES string of the molecule is CC1CN(S(=O)(=O)c2ccc(C(=O)N3CCCC3Cc3ccccc3Cl)cc2)CC(C)O1. The van der Waals surface area contributed by atoms with Crippen LogP contribution in [0.4, 0.5) is 0 Å². The lowest BCUT2D eigenvalue weighted by Gasteiger charge is -2.34. The second-order valence-electron chi connectivity index (χ2n) is 8.69. The van der Waals surface area contributed by atoms with E-state index in [4.69, 9.17) is 16.3 Å². The van der Waals surface area contributed by atoms with Crippen LogP contribution in [-0.2, 0) is 21.2 Å². The van der Waals surface area contributed by atoms with Crippen molar-refractivity contribution >= 4 is 27.5 Å². The van der Waals surface area contributed by atoms with Crippen molar-refractivity contribution in [1.29, 1.82) is 0 Å². The molecule has 1 amide bonds. The van der Waals surface area contributed by atoms with Gasteiger partial charge in [0, 0.05) is 36.3 Å². The molecule has 0 N–H and O–H groups in total. The molecule has 172 valence electrons. The maximum atomic E-state index is 13.2. The van der Waals surface area contributed by atoms with Crippen LogP contribution in [-0.4, -0.2) is 61.4 Å². The highest BCUT2D eigenvalue weighted by molar-refractivity contribution is 7.89. The van der Waals surface area contributed by atoms with Crippen LogP contribution in [0.1, 0.15) is 42.6 Å². The Balaban J connectivity index is 1.48. The molecule has 8 heteroatoms. The number of morpholine rings is 1. The molecule has 0 saturated carbocycles. The first kappa shape index (κ1) is 23.2. The number of benzene rings is 2. The molecule has 2 heterocycles. The molecule has 2 aliphatic heterocycles. The number of hydrogen-bond acceptors (Lipinski definition) is 4. The van der Waals surface area contributed by atoms with Crippen LogP contribution in [0.15, 0.2) is 53.4 Å². The molecule has 2 aromatic carbocycles. The van der Waals surface area contributed by atoms with Gasteiger partial charge in [0.05, 0.1) is 17.1 Å². The molecule has 0 bridgehead atoms. The summed E-state index contributed by atoms with van der Waals surface area (Å²) in [5.41, 5.74) is 1.54. The van der Waals surface area contributed by atoms with E-state index in [1.807, 2.05) is 43.0 Å². The summed E-state index contributed by atoms with van der Waals surface area (Å²) in [6.45, 7) is 5.08. The molecule has 2 fully saturated rings. The van der Waals surface area contributed by atoms with Gasteiger partial charge < -0.3 is 9.64 Å². The van der Waals surface area contributed by atoms with Crippen molar-refractivity contribution in [2.24, 2.45) is 0 Å². The van der Waals surface area contributed by atoms with Gasteiger partial charge in [0.2, 0.25) is 10.0 Å². The first-order valence-corrected chi connectivity index (χ1v) is 12.9. The molecule has 3 atom stereocenters. The Bertz CT molecular complexity index is 1060. The van der Waals surface area contributed by atoms with E-state index in [1.54, 1.807) is 12.1 Å². The molecule has 2 aliphatic rings. The zero-order valence-corrected chi connectivity index (χ0v) is 20.0. The predicted molar refractivity (Wildman–Crippen MR) is 124 cm³/mol. The second-order valence-corrected chi connectivity index (χ2v) is 11.0. The van der Waals surface area contributed by atoms with Crippen LogP contribution in [0.5, 0.6) is 0 Å². The Hall–Kier alpha value is -1.93. The molecule has 6 nitrogen and oxygen atoms in total. The number of halogens is 1. The average molecular weight is 477 g/mol. The Kier molecular flexibility index (Phi) is 6.91. The second kappa shape index (κ2) is 9.51. The lowest BCUT2D eigenvalue weighted by atomic mass is 10.0. The van der Waals surface area contributed by atoms with Crippen LogP contribution < -0.4 is 0 Å². The minimum atomic E-state index is -3.63. The van der Waals surface area contributed by atoms with Gasteiger partial charge >= 0.3 is 0 Å². The first-order valence-electron chi connectivity index (χ1n) is 11.1. The van der Waals surface area contributed by atoms with E-state index < -0.39 is 10.0 Å². The third-order valence-electron chi connectivity index (χ3n) is 6.18. The Morgan fingerprint density at radius 2 is 1.72 bits per heavy atom. The van der Waals surface area contributed by atoms with Crippen LogP contribution in [0.3, 0.4) is 0 Å². The molecular formula is C24H29ClN2O4S. The summed E-state index contributed by atoms with van der Waals surface area (Å²) in [6.07, 6.45) is 2.28.